The van der Waals surface area contributed by atoms with Gasteiger partial charge in [-0.3, -0.25) is 0 Å². The SMILES string of the molecule is COC1(CN)CCCc2c(O)cccc21. The van der Waals surface area contributed by atoms with Crippen LogP contribution in [0.5, 0.6) is 5.75 Å². The zero-order valence-corrected chi connectivity index (χ0v) is 8.99. The molecule has 3 N–H and O–H groups in total. The van der Waals surface area contributed by atoms with Crippen molar-refractivity contribution in [2.24, 2.45) is 5.73 Å². The van der Waals surface area contributed by atoms with Crippen LogP contribution < -0.4 is 5.73 Å². The van der Waals surface area contributed by atoms with Crippen LogP contribution in [0.3, 0.4) is 0 Å². The molecule has 0 radical (unpaired) electrons. The summed E-state index contributed by atoms with van der Waals surface area (Å²) in [5, 5.41) is 9.78. The minimum atomic E-state index is -0.397. The molecular formula is C12H17NO2. The second-order valence-corrected chi connectivity index (χ2v) is 4.06. The summed E-state index contributed by atoms with van der Waals surface area (Å²) in [6.45, 7) is 0.458. The van der Waals surface area contributed by atoms with Gasteiger partial charge >= 0.3 is 0 Å². The van der Waals surface area contributed by atoms with Gasteiger partial charge in [0.05, 0.1) is 0 Å². The molecule has 1 unspecified atom stereocenters. The Bertz CT molecular complexity index is 359. The summed E-state index contributed by atoms with van der Waals surface area (Å²) in [5.74, 6) is 0.363. The van der Waals surface area contributed by atoms with Crippen LogP contribution in [0.1, 0.15) is 24.0 Å². The van der Waals surface area contributed by atoms with E-state index in [0.29, 0.717) is 12.3 Å². The Kier molecular flexibility index (Phi) is 2.67. The highest BCUT2D eigenvalue weighted by Crippen LogP contribution is 2.40. The van der Waals surface area contributed by atoms with Crippen LogP contribution >= 0.6 is 0 Å². The van der Waals surface area contributed by atoms with E-state index in [4.69, 9.17) is 10.5 Å². The molecule has 0 fully saturated rings. The maximum Gasteiger partial charge on any atom is 0.119 e. The first-order chi connectivity index (χ1) is 7.23. The lowest BCUT2D eigenvalue weighted by Gasteiger charge is -2.37. The van der Waals surface area contributed by atoms with Gasteiger partial charge in [-0.05, 0) is 36.5 Å². The van der Waals surface area contributed by atoms with Gasteiger partial charge in [0.1, 0.15) is 11.4 Å². The Morgan fingerprint density at radius 2 is 2.33 bits per heavy atom. The van der Waals surface area contributed by atoms with E-state index in [9.17, 15) is 5.11 Å². The number of ether oxygens (including phenoxy) is 1. The van der Waals surface area contributed by atoms with Gasteiger partial charge in [-0.2, -0.15) is 0 Å². The Balaban J connectivity index is 2.55. The van der Waals surface area contributed by atoms with E-state index in [-0.39, 0.29) is 0 Å². The lowest BCUT2D eigenvalue weighted by atomic mass is 9.78. The number of nitrogens with two attached hydrogens (primary N) is 1. The molecule has 3 heteroatoms. The smallest absolute Gasteiger partial charge is 0.119 e. The lowest BCUT2D eigenvalue weighted by molar-refractivity contribution is -0.0214. The van der Waals surface area contributed by atoms with Gasteiger partial charge in [-0.15, -0.1) is 0 Å². The minimum absolute atomic E-state index is 0.363. The number of phenols is 1. The minimum Gasteiger partial charge on any atom is -0.508 e. The topological polar surface area (TPSA) is 55.5 Å². The molecule has 1 aliphatic rings. The first-order valence-electron chi connectivity index (χ1n) is 5.30. The molecule has 0 saturated heterocycles. The van der Waals surface area contributed by atoms with Gasteiger partial charge < -0.3 is 15.6 Å². The predicted molar refractivity (Wildman–Crippen MR) is 58.8 cm³/mol. The van der Waals surface area contributed by atoms with Crippen LogP contribution in [-0.2, 0) is 16.8 Å². The second kappa shape index (κ2) is 3.83. The van der Waals surface area contributed by atoms with Crippen molar-refractivity contribution >= 4 is 0 Å². The van der Waals surface area contributed by atoms with E-state index in [1.165, 1.54) is 0 Å². The van der Waals surface area contributed by atoms with Gasteiger partial charge in [0, 0.05) is 13.7 Å². The fourth-order valence-electron chi connectivity index (χ4n) is 2.46. The normalized spacial score (nSPS) is 24.9. The average molecular weight is 207 g/mol. The molecule has 82 valence electrons. The molecular weight excluding hydrogens is 190 g/mol. The molecule has 0 saturated carbocycles. The third-order valence-corrected chi connectivity index (χ3v) is 3.37. The van der Waals surface area contributed by atoms with Crippen molar-refractivity contribution in [1.82, 2.24) is 0 Å². The van der Waals surface area contributed by atoms with Gasteiger partial charge in [-0.25, -0.2) is 0 Å². The molecule has 1 aromatic carbocycles. The first kappa shape index (κ1) is 10.5. The number of benzene rings is 1. The molecule has 1 aromatic rings. The molecule has 1 aliphatic carbocycles. The van der Waals surface area contributed by atoms with Crippen molar-refractivity contribution in [3.63, 3.8) is 0 Å². The molecule has 15 heavy (non-hydrogen) atoms. The molecule has 0 spiro atoms. The monoisotopic (exact) mass is 207 g/mol. The number of hydrogen-bond donors (Lipinski definition) is 2. The quantitative estimate of drug-likeness (QED) is 0.773. The first-order valence-corrected chi connectivity index (χ1v) is 5.30. The zero-order valence-electron chi connectivity index (χ0n) is 8.99. The van der Waals surface area contributed by atoms with Crippen LogP contribution in [0.25, 0.3) is 0 Å². The second-order valence-electron chi connectivity index (χ2n) is 4.06. The molecule has 0 bridgehead atoms. The van der Waals surface area contributed by atoms with Crippen molar-refractivity contribution in [3.8, 4) is 5.75 Å². The number of hydrogen-bond acceptors (Lipinski definition) is 3. The van der Waals surface area contributed by atoms with Crippen molar-refractivity contribution in [1.29, 1.82) is 0 Å². The maximum atomic E-state index is 9.78. The third kappa shape index (κ3) is 1.52. The number of methoxy groups -OCH3 is 1. The molecule has 2 rings (SSSR count). The van der Waals surface area contributed by atoms with E-state index in [2.05, 4.69) is 0 Å². The van der Waals surface area contributed by atoms with E-state index in [0.717, 1.165) is 30.4 Å². The predicted octanol–water partition coefficient (Wildman–Crippen LogP) is 1.53. The van der Waals surface area contributed by atoms with E-state index in [1.807, 2.05) is 12.1 Å². The van der Waals surface area contributed by atoms with Gasteiger partial charge in [0.15, 0.2) is 0 Å². The maximum absolute atomic E-state index is 9.78. The van der Waals surface area contributed by atoms with E-state index < -0.39 is 5.60 Å². The fourth-order valence-corrected chi connectivity index (χ4v) is 2.46. The summed E-state index contributed by atoms with van der Waals surface area (Å²) in [6, 6.07) is 5.58. The Hall–Kier alpha value is -1.06. The summed E-state index contributed by atoms with van der Waals surface area (Å²) in [5.41, 5.74) is 7.46. The summed E-state index contributed by atoms with van der Waals surface area (Å²) in [6.07, 6.45) is 2.85. The zero-order chi connectivity index (χ0) is 10.9. The van der Waals surface area contributed by atoms with Crippen LogP contribution in [0, 0.1) is 0 Å². The van der Waals surface area contributed by atoms with Crippen LogP contribution in [0.15, 0.2) is 18.2 Å². The molecule has 3 nitrogen and oxygen atoms in total. The standard InChI is InChI=1S/C12H17NO2/c1-15-12(8-13)7-3-4-9-10(12)5-2-6-11(9)14/h2,5-6,14H,3-4,7-8,13H2,1H3. The van der Waals surface area contributed by atoms with Crippen molar-refractivity contribution < 1.29 is 9.84 Å². The van der Waals surface area contributed by atoms with Crippen LogP contribution in [0.4, 0.5) is 0 Å². The van der Waals surface area contributed by atoms with Crippen LogP contribution in [-0.4, -0.2) is 18.8 Å². The summed E-state index contributed by atoms with van der Waals surface area (Å²) >= 11 is 0. The lowest BCUT2D eigenvalue weighted by Crippen LogP contribution is -2.40. The highest BCUT2D eigenvalue weighted by molar-refractivity contribution is 5.44. The van der Waals surface area contributed by atoms with Gasteiger partial charge in [0.25, 0.3) is 0 Å². The summed E-state index contributed by atoms with van der Waals surface area (Å²) < 4.78 is 5.57. The molecule has 0 aliphatic heterocycles. The molecule has 0 amide bonds. The third-order valence-electron chi connectivity index (χ3n) is 3.37. The summed E-state index contributed by atoms with van der Waals surface area (Å²) in [4.78, 5) is 0. The number of fused-ring (bicyclic) bond motifs is 1. The molecule has 0 heterocycles. The van der Waals surface area contributed by atoms with Gasteiger partial charge in [-0.1, -0.05) is 12.1 Å². The van der Waals surface area contributed by atoms with Crippen molar-refractivity contribution in [3.05, 3.63) is 29.3 Å². The number of aromatic hydroxyl groups is 1. The van der Waals surface area contributed by atoms with Crippen molar-refractivity contribution in [2.75, 3.05) is 13.7 Å². The highest BCUT2D eigenvalue weighted by Gasteiger charge is 2.36. The average Bonchev–Trinajstić information content (AvgIpc) is 2.29. The van der Waals surface area contributed by atoms with Gasteiger partial charge in [0.2, 0.25) is 0 Å². The highest BCUT2D eigenvalue weighted by atomic mass is 16.5. The molecule has 1 atom stereocenters. The number of phenolic OH excluding ortho intramolecular Hbond substituents is 1. The van der Waals surface area contributed by atoms with E-state index >= 15 is 0 Å². The Morgan fingerprint density at radius 3 is 3.00 bits per heavy atom. The van der Waals surface area contributed by atoms with E-state index in [1.54, 1.807) is 13.2 Å². The molecule has 0 aromatic heterocycles. The summed E-state index contributed by atoms with van der Waals surface area (Å²) in [7, 11) is 1.69. The number of rotatable bonds is 2. The Morgan fingerprint density at radius 1 is 1.53 bits per heavy atom. The Labute approximate surface area is 89.9 Å². The van der Waals surface area contributed by atoms with Crippen molar-refractivity contribution in [2.45, 2.75) is 24.9 Å². The largest absolute Gasteiger partial charge is 0.508 e. The van der Waals surface area contributed by atoms with Crippen LogP contribution in [0.2, 0.25) is 0 Å². The fraction of sp³-hybridized carbons (Fsp3) is 0.500.